The van der Waals surface area contributed by atoms with Crippen molar-refractivity contribution in [3.63, 3.8) is 0 Å². The molecule has 5 nitrogen and oxygen atoms in total. The smallest absolute Gasteiger partial charge is 0.255 e. The van der Waals surface area contributed by atoms with Gasteiger partial charge in [-0.2, -0.15) is 0 Å². The summed E-state index contributed by atoms with van der Waals surface area (Å²) >= 11 is 0. The minimum atomic E-state index is -0.887. The average Bonchev–Trinajstić information content (AvgIpc) is 2.53. The van der Waals surface area contributed by atoms with Gasteiger partial charge in [-0.3, -0.25) is 19.0 Å². The van der Waals surface area contributed by atoms with Crippen LogP contribution in [0.1, 0.15) is 29.8 Å². The van der Waals surface area contributed by atoms with E-state index in [1.54, 1.807) is 50.4 Å². The van der Waals surface area contributed by atoms with Crippen molar-refractivity contribution in [3.05, 3.63) is 69.6 Å². The number of fused-ring (bicyclic) bond motifs is 1. The molecule has 0 saturated carbocycles. The van der Waals surface area contributed by atoms with Crippen molar-refractivity contribution >= 4 is 18.3 Å². The molecule has 2 aromatic rings. The minimum Gasteiger partial charge on any atom is -0.482 e. The summed E-state index contributed by atoms with van der Waals surface area (Å²) in [5.41, 5.74) is 0.634. The Balaban J connectivity index is 2.42. The number of ether oxygens (including phenoxy) is 1. The third-order valence-electron chi connectivity index (χ3n) is 3.84. The van der Waals surface area contributed by atoms with Crippen LogP contribution in [0.4, 0.5) is 0 Å². The number of hydrogen-bond donors (Lipinski definition) is 0. The maximum absolute atomic E-state index is 12.3. The number of carbonyl (C=O) groups is 2. The number of aromatic nitrogens is 1. The van der Waals surface area contributed by atoms with Gasteiger partial charge in [-0.15, -0.1) is 0 Å². The third-order valence-corrected chi connectivity index (χ3v) is 3.84. The molecule has 0 spiro atoms. The summed E-state index contributed by atoms with van der Waals surface area (Å²) in [6.45, 7) is 3.53. The van der Waals surface area contributed by atoms with Crippen LogP contribution in [-0.2, 0) is 4.79 Å². The fourth-order valence-electron chi connectivity index (χ4n) is 2.72. The predicted molar refractivity (Wildman–Crippen MR) is 85.6 cm³/mol. The van der Waals surface area contributed by atoms with Crippen LogP contribution in [0.15, 0.2) is 53.0 Å². The van der Waals surface area contributed by atoms with Gasteiger partial charge in [0.15, 0.2) is 6.29 Å². The van der Waals surface area contributed by atoms with E-state index >= 15 is 0 Å². The van der Waals surface area contributed by atoms with E-state index in [9.17, 15) is 14.4 Å². The van der Waals surface area contributed by atoms with E-state index in [2.05, 4.69) is 0 Å². The summed E-state index contributed by atoms with van der Waals surface area (Å²) in [7, 11) is 0. The summed E-state index contributed by atoms with van der Waals surface area (Å²) in [6, 6.07) is 9.70. The van der Waals surface area contributed by atoms with Crippen molar-refractivity contribution in [2.24, 2.45) is 0 Å². The highest BCUT2D eigenvalue weighted by Crippen LogP contribution is 2.40. The molecule has 0 bridgehead atoms. The van der Waals surface area contributed by atoms with Gasteiger partial charge in [0.1, 0.15) is 17.6 Å². The summed E-state index contributed by atoms with van der Waals surface area (Å²) in [4.78, 5) is 35.1. The Kier molecular flexibility index (Phi) is 3.48. The van der Waals surface area contributed by atoms with Crippen molar-refractivity contribution in [1.29, 1.82) is 0 Å². The zero-order chi connectivity index (χ0) is 16.6. The molecular formula is C18H15NO4. The Morgan fingerprint density at radius 2 is 1.87 bits per heavy atom. The van der Waals surface area contributed by atoms with Crippen LogP contribution < -0.4 is 10.3 Å². The Bertz CT molecular complexity index is 890. The van der Waals surface area contributed by atoms with E-state index < -0.39 is 5.60 Å². The number of rotatable bonds is 3. The first kappa shape index (κ1) is 15.0. The van der Waals surface area contributed by atoms with Gasteiger partial charge < -0.3 is 4.74 Å². The molecule has 0 atom stereocenters. The number of pyridine rings is 1. The summed E-state index contributed by atoms with van der Waals surface area (Å²) < 4.78 is 7.30. The first-order valence-electron chi connectivity index (χ1n) is 7.14. The number of carbonyl (C=O) groups excluding carboxylic acids is 2. The van der Waals surface area contributed by atoms with Gasteiger partial charge in [0.2, 0.25) is 0 Å². The average molecular weight is 309 g/mol. The Labute approximate surface area is 132 Å². The topological polar surface area (TPSA) is 65.4 Å². The summed E-state index contributed by atoms with van der Waals surface area (Å²) in [6.07, 6.45) is 3.01. The molecule has 0 aliphatic carbocycles. The third kappa shape index (κ3) is 2.40. The molecule has 116 valence electrons. The van der Waals surface area contributed by atoms with Crippen LogP contribution in [0.5, 0.6) is 5.75 Å². The standard InChI is InChI=1S/C18H15NO4/c1-18(2)14(11-21)17(19-8-4-3-5-16(19)22)13-9-12(10-20)6-7-15(13)23-18/h3-11H,1-2H3. The van der Waals surface area contributed by atoms with E-state index in [1.807, 2.05) is 0 Å². The van der Waals surface area contributed by atoms with Crippen LogP contribution in [-0.4, -0.2) is 22.7 Å². The van der Waals surface area contributed by atoms with E-state index in [-0.39, 0.29) is 5.56 Å². The molecule has 1 aliphatic rings. The molecule has 1 aromatic carbocycles. The van der Waals surface area contributed by atoms with E-state index in [1.165, 1.54) is 10.6 Å². The second-order valence-electron chi connectivity index (χ2n) is 5.77. The first-order valence-corrected chi connectivity index (χ1v) is 7.14. The van der Waals surface area contributed by atoms with E-state index in [4.69, 9.17) is 4.74 Å². The maximum Gasteiger partial charge on any atom is 0.255 e. The van der Waals surface area contributed by atoms with Gasteiger partial charge in [-0.1, -0.05) is 6.07 Å². The van der Waals surface area contributed by atoms with Gasteiger partial charge in [-0.25, -0.2) is 0 Å². The molecule has 5 heteroatoms. The van der Waals surface area contributed by atoms with Crippen LogP contribution >= 0.6 is 0 Å². The fraction of sp³-hybridized carbons (Fsp3) is 0.167. The first-order chi connectivity index (χ1) is 11.0. The molecule has 0 unspecified atom stereocenters. The number of nitrogens with zero attached hydrogens (tertiary/aromatic N) is 1. The van der Waals surface area contributed by atoms with E-state index in [0.717, 1.165) is 0 Å². The van der Waals surface area contributed by atoms with Crippen molar-refractivity contribution in [3.8, 4) is 5.75 Å². The predicted octanol–water partition coefficient (Wildman–Crippen LogP) is 2.29. The number of aldehydes is 2. The second kappa shape index (κ2) is 5.35. The van der Waals surface area contributed by atoms with Crippen LogP contribution in [0.25, 0.3) is 5.70 Å². The number of hydrogen-bond acceptors (Lipinski definition) is 4. The quantitative estimate of drug-likeness (QED) is 0.816. The number of benzene rings is 1. The molecular weight excluding hydrogens is 294 g/mol. The molecule has 2 heterocycles. The van der Waals surface area contributed by atoms with Gasteiger partial charge in [-0.05, 0) is 38.1 Å². The molecule has 23 heavy (non-hydrogen) atoms. The zero-order valence-corrected chi connectivity index (χ0v) is 12.8. The molecule has 0 N–H and O–H groups in total. The van der Waals surface area contributed by atoms with Crippen LogP contribution in [0, 0.1) is 0 Å². The van der Waals surface area contributed by atoms with Crippen LogP contribution in [0.2, 0.25) is 0 Å². The van der Waals surface area contributed by atoms with Crippen molar-refractivity contribution < 1.29 is 14.3 Å². The molecule has 0 saturated heterocycles. The fourth-order valence-corrected chi connectivity index (χ4v) is 2.72. The molecule has 1 aromatic heterocycles. The Morgan fingerprint density at radius 1 is 1.09 bits per heavy atom. The summed E-state index contributed by atoms with van der Waals surface area (Å²) in [5, 5.41) is 0. The largest absolute Gasteiger partial charge is 0.482 e. The molecule has 3 rings (SSSR count). The zero-order valence-electron chi connectivity index (χ0n) is 12.8. The van der Waals surface area contributed by atoms with Crippen molar-refractivity contribution in [2.45, 2.75) is 19.4 Å². The molecule has 0 amide bonds. The van der Waals surface area contributed by atoms with Crippen LogP contribution in [0.3, 0.4) is 0 Å². The molecule has 0 fully saturated rings. The summed E-state index contributed by atoms with van der Waals surface area (Å²) in [5.74, 6) is 0.525. The lowest BCUT2D eigenvalue weighted by atomic mass is 9.89. The molecule has 0 radical (unpaired) electrons. The lowest BCUT2D eigenvalue weighted by Crippen LogP contribution is -2.38. The molecule has 1 aliphatic heterocycles. The normalized spacial score (nSPS) is 15.6. The highest BCUT2D eigenvalue weighted by Gasteiger charge is 2.36. The monoisotopic (exact) mass is 309 g/mol. The van der Waals surface area contributed by atoms with Crippen molar-refractivity contribution in [2.75, 3.05) is 0 Å². The van der Waals surface area contributed by atoms with Gasteiger partial charge >= 0.3 is 0 Å². The van der Waals surface area contributed by atoms with Crippen molar-refractivity contribution in [1.82, 2.24) is 4.57 Å². The SMILES string of the molecule is CC1(C)Oc2ccc(C=O)cc2C(n2ccccc2=O)=C1C=O. The highest BCUT2D eigenvalue weighted by molar-refractivity contribution is 5.94. The minimum absolute atomic E-state index is 0.262. The van der Waals surface area contributed by atoms with Gasteiger partial charge in [0, 0.05) is 23.4 Å². The van der Waals surface area contributed by atoms with E-state index in [0.29, 0.717) is 40.7 Å². The Hall–Kier alpha value is -2.95. The second-order valence-corrected chi connectivity index (χ2v) is 5.77. The lowest BCUT2D eigenvalue weighted by Gasteiger charge is -2.35. The lowest BCUT2D eigenvalue weighted by molar-refractivity contribution is -0.106. The highest BCUT2D eigenvalue weighted by atomic mass is 16.5. The Morgan fingerprint density at radius 3 is 2.52 bits per heavy atom. The van der Waals surface area contributed by atoms with Gasteiger partial charge in [0.25, 0.3) is 5.56 Å². The van der Waals surface area contributed by atoms with Gasteiger partial charge in [0.05, 0.1) is 11.3 Å². The maximum atomic E-state index is 12.3.